The average molecular weight is 409 g/mol. The SMILES string of the molecule is O=C(CC1CCS(=O)(=O)C1)NNC(=O)c1cccc(NC(=O)C2CCCO2)c1. The maximum Gasteiger partial charge on any atom is 0.269 e. The molecule has 9 nitrogen and oxygen atoms in total. The lowest BCUT2D eigenvalue weighted by Gasteiger charge is -2.12. The fourth-order valence-electron chi connectivity index (χ4n) is 3.29. The molecule has 0 spiro atoms. The number of carbonyl (C=O) groups excluding carboxylic acids is 3. The first-order valence-corrected chi connectivity index (χ1v) is 11.0. The summed E-state index contributed by atoms with van der Waals surface area (Å²) >= 11 is 0. The minimum Gasteiger partial charge on any atom is -0.368 e. The summed E-state index contributed by atoms with van der Waals surface area (Å²) in [4.78, 5) is 36.2. The van der Waals surface area contributed by atoms with Crippen LogP contribution in [0.3, 0.4) is 0 Å². The Bertz CT molecular complexity index is 864. The van der Waals surface area contributed by atoms with Crippen molar-refractivity contribution in [1.82, 2.24) is 10.9 Å². The minimum absolute atomic E-state index is 0.000812. The lowest BCUT2D eigenvalue weighted by Crippen LogP contribution is -2.42. The van der Waals surface area contributed by atoms with Gasteiger partial charge in [-0.1, -0.05) is 6.07 Å². The fraction of sp³-hybridized carbons (Fsp3) is 0.500. The van der Waals surface area contributed by atoms with Gasteiger partial charge in [0.15, 0.2) is 9.84 Å². The van der Waals surface area contributed by atoms with E-state index < -0.39 is 27.8 Å². The smallest absolute Gasteiger partial charge is 0.269 e. The molecular formula is C18H23N3O6S. The number of ether oxygens (including phenoxy) is 1. The fourth-order valence-corrected chi connectivity index (χ4v) is 5.15. The molecule has 0 saturated carbocycles. The zero-order chi connectivity index (χ0) is 20.1. The maximum atomic E-state index is 12.2. The Morgan fingerprint density at radius 2 is 1.96 bits per heavy atom. The number of hydrogen-bond donors (Lipinski definition) is 3. The largest absolute Gasteiger partial charge is 0.368 e. The highest BCUT2D eigenvalue weighted by Gasteiger charge is 2.29. The molecule has 3 amide bonds. The summed E-state index contributed by atoms with van der Waals surface area (Å²) in [6.45, 7) is 0.563. The second-order valence-corrected chi connectivity index (χ2v) is 9.28. The molecule has 1 aromatic rings. The third-order valence-corrected chi connectivity index (χ3v) is 6.57. The van der Waals surface area contributed by atoms with E-state index in [1.165, 1.54) is 6.07 Å². The summed E-state index contributed by atoms with van der Waals surface area (Å²) in [5, 5.41) is 2.71. The van der Waals surface area contributed by atoms with Crippen LogP contribution in [0.5, 0.6) is 0 Å². The summed E-state index contributed by atoms with van der Waals surface area (Å²) in [6, 6.07) is 6.32. The van der Waals surface area contributed by atoms with Crippen molar-refractivity contribution < 1.29 is 27.5 Å². The van der Waals surface area contributed by atoms with E-state index in [4.69, 9.17) is 4.74 Å². The zero-order valence-electron chi connectivity index (χ0n) is 15.3. The quantitative estimate of drug-likeness (QED) is 0.603. The Morgan fingerprint density at radius 3 is 2.64 bits per heavy atom. The van der Waals surface area contributed by atoms with Crippen LogP contribution >= 0.6 is 0 Å². The number of sulfone groups is 1. The molecule has 2 unspecified atom stereocenters. The van der Waals surface area contributed by atoms with Gasteiger partial charge >= 0.3 is 0 Å². The maximum absolute atomic E-state index is 12.2. The van der Waals surface area contributed by atoms with Gasteiger partial charge in [0.05, 0.1) is 11.5 Å². The topological polar surface area (TPSA) is 131 Å². The zero-order valence-corrected chi connectivity index (χ0v) is 16.1. The molecule has 2 saturated heterocycles. The van der Waals surface area contributed by atoms with Crippen molar-refractivity contribution in [3.63, 3.8) is 0 Å². The van der Waals surface area contributed by atoms with Crippen LogP contribution in [0.2, 0.25) is 0 Å². The molecule has 152 valence electrons. The van der Waals surface area contributed by atoms with Crippen molar-refractivity contribution in [2.24, 2.45) is 5.92 Å². The molecule has 2 fully saturated rings. The van der Waals surface area contributed by atoms with E-state index in [9.17, 15) is 22.8 Å². The molecule has 2 aliphatic rings. The molecule has 2 aliphatic heterocycles. The van der Waals surface area contributed by atoms with E-state index in [2.05, 4.69) is 16.2 Å². The van der Waals surface area contributed by atoms with Gasteiger partial charge < -0.3 is 10.1 Å². The van der Waals surface area contributed by atoms with Gasteiger partial charge in [-0.25, -0.2) is 8.42 Å². The molecule has 3 rings (SSSR count). The molecule has 0 radical (unpaired) electrons. The van der Waals surface area contributed by atoms with Crippen LogP contribution in [-0.4, -0.2) is 50.4 Å². The molecule has 1 aromatic carbocycles. The van der Waals surface area contributed by atoms with Gasteiger partial charge in [-0.05, 0) is 43.4 Å². The molecule has 0 aliphatic carbocycles. The second-order valence-electron chi connectivity index (χ2n) is 7.05. The molecule has 2 atom stereocenters. The number of hydrogen-bond acceptors (Lipinski definition) is 6. The van der Waals surface area contributed by atoms with Crippen molar-refractivity contribution in [2.75, 3.05) is 23.4 Å². The highest BCUT2D eigenvalue weighted by atomic mass is 32.2. The van der Waals surface area contributed by atoms with Crippen molar-refractivity contribution in [3.8, 4) is 0 Å². The molecule has 0 bridgehead atoms. The van der Waals surface area contributed by atoms with E-state index in [0.717, 1.165) is 6.42 Å². The second kappa shape index (κ2) is 8.70. The normalized spacial score (nSPS) is 23.1. The van der Waals surface area contributed by atoms with Gasteiger partial charge in [0.1, 0.15) is 6.10 Å². The monoisotopic (exact) mass is 409 g/mol. The van der Waals surface area contributed by atoms with Gasteiger partial charge in [-0.3, -0.25) is 25.2 Å². The minimum atomic E-state index is -3.05. The van der Waals surface area contributed by atoms with Crippen LogP contribution in [0.4, 0.5) is 5.69 Å². The Hall–Kier alpha value is -2.46. The standard InChI is InChI=1S/C18H23N3O6S/c22-16(9-12-6-8-28(25,26)11-12)20-21-17(23)13-3-1-4-14(10-13)19-18(24)15-5-2-7-27-15/h1,3-4,10,12,15H,2,5-9,11H2,(H,19,24)(H,20,22)(H,21,23). The van der Waals surface area contributed by atoms with E-state index in [1.54, 1.807) is 18.2 Å². The highest BCUT2D eigenvalue weighted by molar-refractivity contribution is 7.91. The van der Waals surface area contributed by atoms with Crippen LogP contribution in [-0.2, 0) is 24.2 Å². The van der Waals surface area contributed by atoms with Crippen molar-refractivity contribution in [3.05, 3.63) is 29.8 Å². The predicted molar refractivity (Wildman–Crippen MR) is 101 cm³/mol. The summed E-state index contributed by atoms with van der Waals surface area (Å²) in [7, 11) is -3.05. The average Bonchev–Trinajstić information content (AvgIpc) is 3.29. The number of hydrazine groups is 1. The molecule has 10 heteroatoms. The third-order valence-electron chi connectivity index (χ3n) is 4.73. The van der Waals surface area contributed by atoms with Crippen LogP contribution in [0.15, 0.2) is 24.3 Å². The number of rotatable bonds is 5. The first kappa shape index (κ1) is 20.3. The lowest BCUT2D eigenvalue weighted by atomic mass is 10.1. The number of anilines is 1. The number of carbonyl (C=O) groups is 3. The molecule has 3 N–H and O–H groups in total. The van der Waals surface area contributed by atoms with Gasteiger partial charge in [0.25, 0.3) is 11.8 Å². The van der Waals surface area contributed by atoms with Crippen LogP contribution < -0.4 is 16.2 Å². The Kier molecular flexibility index (Phi) is 6.30. The van der Waals surface area contributed by atoms with Gasteiger partial charge in [-0.2, -0.15) is 0 Å². The Balaban J connectivity index is 1.48. The summed E-state index contributed by atoms with van der Waals surface area (Å²) < 4.78 is 28.2. The van der Waals surface area contributed by atoms with E-state index in [1.807, 2.05) is 0 Å². The molecular weight excluding hydrogens is 386 g/mol. The Labute approximate surface area is 163 Å². The number of nitrogens with one attached hydrogen (secondary N) is 3. The van der Waals surface area contributed by atoms with Gasteiger partial charge in [-0.15, -0.1) is 0 Å². The molecule has 2 heterocycles. The van der Waals surface area contributed by atoms with E-state index in [0.29, 0.717) is 25.1 Å². The number of benzene rings is 1. The third kappa shape index (κ3) is 5.52. The van der Waals surface area contributed by atoms with Crippen molar-refractivity contribution >= 4 is 33.2 Å². The molecule has 28 heavy (non-hydrogen) atoms. The summed E-state index contributed by atoms with van der Waals surface area (Å²) in [5.41, 5.74) is 5.32. The van der Waals surface area contributed by atoms with Crippen molar-refractivity contribution in [2.45, 2.75) is 31.8 Å². The van der Waals surface area contributed by atoms with Crippen LogP contribution in [0, 0.1) is 5.92 Å². The Morgan fingerprint density at radius 1 is 1.14 bits per heavy atom. The highest BCUT2D eigenvalue weighted by Crippen LogP contribution is 2.21. The number of amides is 3. The summed E-state index contributed by atoms with van der Waals surface area (Å²) in [5.74, 6) is -1.37. The summed E-state index contributed by atoms with van der Waals surface area (Å²) in [6.07, 6.45) is 1.52. The predicted octanol–water partition coefficient (Wildman–Crippen LogP) is 0.390. The molecule has 0 aromatic heterocycles. The van der Waals surface area contributed by atoms with Gasteiger partial charge in [0, 0.05) is 24.3 Å². The van der Waals surface area contributed by atoms with Crippen LogP contribution in [0.1, 0.15) is 36.0 Å². The van der Waals surface area contributed by atoms with E-state index in [-0.39, 0.29) is 35.3 Å². The first-order valence-electron chi connectivity index (χ1n) is 9.14. The lowest BCUT2D eigenvalue weighted by molar-refractivity contribution is -0.124. The van der Waals surface area contributed by atoms with Gasteiger partial charge in [0.2, 0.25) is 5.91 Å². The van der Waals surface area contributed by atoms with Crippen LogP contribution in [0.25, 0.3) is 0 Å². The van der Waals surface area contributed by atoms with Crippen molar-refractivity contribution in [1.29, 1.82) is 0 Å². The van der Waals surface area contributed by atoms with E-state index >= 15 is 0 Å². The first-order chi connectivity index (χ1) is 13.3.